The zero-order valence-corrected chi connectivity index (χ0v) is 10.5. The molecule has 0 saturated carbocycles. The number of likely N-dealkylation sites (tertiary alicyclic amines) is 1. The lowest BCUT2D eigenvalue weighted by molar-refractivity contribution is 0.260. The average Bonchev–Trinajstić information content (AvgIpc) is 2.79. The van der Waals surface area contributed by atoms with Crippen LogP contribution in [0.15, 0.2) is 24.3 Å². The summed E-state index contributed by atoms with van der Waals surface area (Å²) in [7, 11) is 0. The molecule has 0 amide bonds. The van der Waals surface area contributed by atoms with Crippen molar-refractivity contribution in [2.45, 2.75) is 32.4 Å². The molecular weight excluding hydrogens is 212 g/mol. The predicted octanol–water partition coefficient (Wildman–Crippen LogP) is 1.97. The smallest absolute Gasteiger partial charge is 0.115 e. The van der Waals surface area contributed by atoms with E-state index in [1.807, 2.05) is 12.1 Å². The van der Waals surface area contributed by atoms with Crippen molar-refractivity contribution in [3.8, 4) is 5.75 Å². The van der Waals surface area contributed by atoms with Gasteiger partial charge in [0.05, 0.1) is 0 Å². The highest BCUT2D eigenvalue weighted by Gasteiger charge is 2.21. The van der Waals surface area contributed by atoms with E-state index in [1.54, 1.807) is 12.1 Å². The zero-order chi connectivity index (χ0) is 12.1. The molecule has 1 aromatic rings. The lowest BCUT2D eigenvalue weighted by Gasteiger charge is -2.23. The Balaban J connectivity index is 1.74. The Morgan fingerprint density at radius 3 is 2.82 bits per heavy atom. The Kier molecular flexibility index (Phi) is 4.40. The van der Waals surface area contributed by atoms with Crippen molar-refractivity contribution in [2.75, 3.05) is 19.6 Å². The molecule has 1 aliphatic heterocycles. The third-order valence-corrected chi connectivity index (χ3v) is 3.55. The maximum atomic E-state index is 9.19. The van der Waals surface area contributed by atoms with E-state index in [-0.39, 0.29) is 0 Å². The van der Waals surface area contributed by atoms with Crippen LogP contribution in [0.3, 0.4) is 0 Å². The summed E-state index contributed by atoms with van der Waals surface area (Å²) in [6, 6.07) is 8.12. The van der Waals surface area contributed by atoms with Crippen LogP contribution in [0.25, 0.3) is 0 Å². The van der Waals surface area contributed by atoms with Gasteiger partial charge in [0.25, 0.3) is 0 Å². The van der Waals surface area contributed by atoms with Crippen molar-refractivity contribution >= 4 is 0 Å². The van der Waals surface area contributed by atoms with Crippen LogP contribution in [0.2, 0.25) is 0 Å². The van der Waals surface area contributed by atoms with Gasteiger partial charge >= 0.3 is 0 Å². The highest BCUT2D eigenvalue weighted by Crippen LogP contribution is 2.16. The zero-order valence-electron chi connectivity index (χ0n) is 10.5. The van der Waals surface area contributed by atoms with Gasteiger partial charge in [-0.05, 0) is 43.6 Å². The van der Waals surface area contributed by atoms with Gasteiger partial charge in [0.1, 0.15) is 5.75 Å². The van der Waals surface area contributed by atoms with Crippen LogP contribution in [0.4, 0.5) is 0 Å². The first-order valence-electron chi connectivity index (χ1n) is 6.52. The molecule has 3 heteroatoms. The first-order chi connectivity index (χ1) is 8.29. The minimum absolute atomic E-state index is 0.335. The summed E-state index contributed by atoms with van der Waals surface area (Å²) in [4.78, 5) is 2.55. The third kappa shape index (κ3) is 3.45. The van der Waals surface area contributed by atoms with E-state index in [0.717, 1.165) is 19.6 Å². The van der Waals surface area contributed by atoms with Gasteiger partial charge < -0.3 is 10.4 Å². The van der Waals surface area contributed by atoms with Gasteiger partial charge in [-0.25, -0.2) is 0 Å². The van der Waals surface area contributed by atoms with Crippen molar-refractivity contribution in [1.29, 1.82) is 0 Å². The molecule has 2 rings (SSSR count). The van der Waals surface area contributed by atoms with Crippen LogP contribution in [0.1, 0.15) is 25.3 Å². The normalized spacial score (nSPS) is 20.9. The summed E-state index contributed by atoms with van der Waals surface area (Å²) in [6.07, 6.45) is 2.65. The molecule has 1 aliphatic rings. The second kappa shape index (κ2) is 6.03. The number of nitrogens with zero attached hydrogens (tertiary/aromatic N) is 1. The van der Waals surface area contributed by atoms with Gasteiger partial charge in [-0.3, -0.25) is 4.90 Å². The van der Waals surface area contributed by atoms with Gasteiger partial charge in [0, 0.05) is 19.1 Å². The number of benzene rings is 1. The SMILES string of the molecule is CCN1CCC[C@@H]1CNCc1ccc(O)cc1. The Morgan fingerprint density at radius 2 is 2.12 bits per heavy atom. The summed E-state index contributed by atoms with van der Waals surface area (Å²) < 4.78 is 0. The lowest BCUT2D eigenvalue weighted by Crippen LogP contribution is -2.37. The van der Waals surface area contributed by atoms with Crippen LogP contribution in [0.5, 0.6) is 5.75 Å². The Labute approximate surface area is 103 Å². The Bertz CT molecular complexity index is 337. The summed E-state index contributed by atoms with van der Waals surface area (Å²) in [5, 5.41) is 12.7. The fourth-order valence-corrected chi connectivity index (χ4v) is 2.54. The minimum atomic E-state index is 0.335. The summed E-state index contributed by atoms with van der Waals surface area (Å²) >= 11 is 0. The van der Waals surface area contributed by atoms with E-state index in [1.165, 1.54) is 24.9 Å². The van der Waals surface area contributed by atoms with E-state index in [0.29, 0.717) is 11.8 Å². The average molecular weight is 234 g/mol. The molecule has 1 aromatic carbocycles. The van der Waals surface area contributed by atoms with Crippen molar-refractivity contribution in [2.24, 2.45) is 0 Å². The molecule has 0 spiro atoms. The molecule has 0 aromatic heterocycles. The molecule has 1 heterocycles. The summed E-state index contributed by atoms with van der Waals surface area (Å²) in [5.74, 6) is 0.335. The number of nitrogens with one attached hydrogen (secondary N) is 1. The molecule has 3 nitrogen and oxygen atoms in total. The third-order valence-electron chi connectivity index (χ3n) is 3.55. The quantitative estimate of drug-likeness (QED) is 0.817. The fourth-order valence-electron chi connectivity index (χ4n) is 2.54. The van der Waals surface area contributed by atoms with Crippen molar-refractivity contribution in [1.82, 2.24) is 10.2 Å². The van der Waals surface area contributed by atoms with Crippen LogP contribution in [0, 0.1) is 0 Å². The first-order valence-corrected chi connectivity index (χ1v) is 6.52. The molecule has 0 unspecified atom stereocenters. The van der Waals surface area contributed by atoms with Gasteiger partial charge in [-0.1, -0.05) is 19.1 Å². The number of likely N-dealkylation sites (N-methyl/N-ethyl adjacent to an activating group) is 1. The van der Waals surface area contributed by atoms with Crippen LogP contribution < -0.4 is 5.32 Å². The molecule has 1 fully saturated rings. The van der Waals surface area contributed by atoms with Crippen molar-refractivity contribution < 1.29 is 5.11 Å². The summed E-state index contributed by atoms with van der Waals surface area (Å²) in [6.45, 7) is 6.59. The van der Waals surface area contributed by atoms with Gasteiger partial charge in [-0.2, -0.15) is 0 Å². The molecule has 17 heavy (non-hydrogen) atoms. The number of rotatable bonds is 5. The molecule has 0 radical (unpaired) electrons. The van der Waals surface area contributed by atoms with E-state index in [9.17, 15) is 5.11 Å². The van der Waals surface area contributed by atoms with E-state index < -0.39 is 0 Å². The van der Waals surface area contributed by atoms with E-state index in [4.69, 9.17) is 0 Å². The van der Waals surface area contributed by atoms with Crippen LogP contribution in [-0.4, -0.2) is 35.7 Å². The molecule has 1 saturated heterocycles. The number of hydrogen-bond acceptors (Lipinski definition) is 3. The first kappa shape index (κ1) is 12.4. The molecule has 94 valence electrons. The highest BCUT2D eigenvalue weighted by molar-refractivity contribution is 5.25. The predicted molar refractivity (Wildman–Crippen MR) is 70.1 cm³/mol. The van der Waals surface area contributed by atoms with Crippen LogP contribution in [-0.2, 0) is 6.54 Å². The number of phenolic OH excluding ortho intramolecular Hbond substituents is 1. The molecule has 2 N–H and O–H groups in total. The number of hydrogen-bond donors (Lipinski definition) is 2. The Hall–Kier alpha value is -1.06. The van der Waals surface area contributed by atoms with E-state index >= 15 is 0 Å². The second-order valence-corrected chi connectivity index (χ2v) is 4.72. The maximum absolute atomic E-state index is 9.19. The minimum Gasteiger partial charge on any atom is -0.508 e. The molecule has 1 atom stereocenters. The molecule has 0 bridgehead atoms. The monoisotopic (exact) mass is 234 g/mol. The number of aromatic hydroxyl groups is 1. The van der Waals surface area contributed by atoms with E-state index in [2.05, 4.69) is 17.1 Å². The topological polar surface area (TPSA) is 35.5 Å². The highest BCUT2D eigenvalue weighted by atomic mass is 16.3. The van der Waals surface area contributed by atoms with Crippen LogP contribution >= 0.6 is 0 Å². The lowest BCUT2D eigenvalue weighted by atomic mass is 10.2. The largest absolute Gasteiger partial charge is 0.508 e. The van der Waals surface area contributed by atoms with Gasteiger partial charge in [0.15, 0.2) is 0 Å². The van der Waals surface area contributed by atoms with Crippen molar-refractivity contribution in [3.05, 3.63) is 29.8 Å². The standard InChI is InChI=1S/C14H22N2O/c1-2-16-9-3-4-13(16)11-15-10-12-5-7-14(17)8-6-12/h5-8,13,15,17H,2-4,9-11H2,1H3/t13-/m1/s1. The summed E-state index contributed by atoms with van der Waals surface area (Å²) in [5.41, 5.74) is 1.23. The van der Waals surface area contributed by atoms with Crippen molar-refractivity contribution in [3.63, 3.8) is 0 Å². The van der Waals surface area contributed by atoms with Gasteiger partial charge in [0.2, 0.25) is 0 Å². The maximum Gasteiger partial charge on any atom is 0.115 e. The molecule has 0 aliphatic carbocycles. The second-order valence-electron chi connectivity index (χ2n) is 4.72. The molecular formula is C14H22N2O. The fraction of sp³-hybridized carbons (Fsp3) is 0.571. The van der Waals surface area contributed by atoms with Gasteiger partial charge in [-0.15, -0.1) is 0 Å². The number of phenols is 1. The Morgan fingerprint density at radius 1 is 1.35 bits per heavy atom.